The van der Waals surface area contributed by atoms with E-state index in [4.69, 9.17) is 5.21 Å². The predicted octanol–water partition coefficient (Wildman–Crippen LogP) is 0.679. The van der Waals surface area contributed by atoms with Crippen LogP contribution in [0.4, 0.5) is 5.69 Å². The zero-order valence-electron chi connectivity index (χ0n) is 15.3. The molecule has 0 aromatic heterocycles. The van der Waals surface area contributed by atoms with Gasteiger partial charge in [0.25, 0.3) is 5.91 Å². The number of hydrogen-bond acceptors (Lipinski definition) is 6. The Bertz CT molecular complexity index is 799. The van der Waals surface area contributed by atoms with Gasteiger partial charge >= 0.3 is 0 Å². The van der Waals surface area contributed by atoms with E-state index >= 15 is 0 Å². The molecular formula is C18H25N3O5S. The number of nitrogens with one attached hydrogen (secondary N) is 1. The fourth-order valence-electron chi connectivity index (χ4n) is 2.96. The first-order valence-corrected chi connectivity index (χ1v) is 10.8. The molecule has 1 heterocycles. The molecule has 148 valence electrons. The molecule has 9 heteroatoms. The third-order valence-corrected chi connectivity index (χ3v) is 5.37. The molecule has 1 aromatic rings. The first-order chi connectivity index (χ1) is 12.8. The topological polar surface area (TPSA) is 107 Å². The van der Waals surface area contributed by atoms with E-state index in [9.17, 15) is 18.0 Å². The van der Waals surface area contributed by atoms with E-state index in [1.54, 1.807) is 16.5 Å². The third kappa shape index (κ3) is 6.69. The smallest absolute Gasteiger partial charge is 0.267 e. The molecule has 2 amide bonds. The number of amides is 2. The van der Waals surface area contributed by atoms with Gasteiger partial charge in [0.1, 0.15) is 9.84 Å². The molecule has 1 fully saturated rings. The Morgan fingerprint density at radius 1 is 1.19 bits per heavy atom. The second-order valence-electron chi connectivity index (χ2n) is 6.47. The molecule has 1 aliphatic heterocycles. The van der Waals surface area contributed by atoms with E-state index in [0.717, 1.165) is 11.3 Å². The van der Waals surface area contributed by atoms with Crippen molar-refractivity contribution in [2.45, 2.75) is 12.8 Å². The van der Waals surface area contributed by atoms with Crippen LogP contribution in [0.1, 0.15) is 18.4 Å². The van der Waals surface area contributed by atoms with E-state index < -0.39 is 15.7 Å². The number of carbonyl (C=O) groups is 2. The van der Waals surface area contributed by atoms with Gasteiger partial charge in [0.2, 0.25) is 5.91 Å². The summed E-state index contributed by atoms with van der Waals surface area (Å²) in [6, 6.07) is 7.59. The van der Waals surface area contributed by atoms with Gasteiger partial charge in [-0.05, 0) is 24.1 Å². The van der Waals surface area contributed by atoms with Gasteiger partial charge in [-0.15, -0.1) is 0 Å². The number of anilines is 1. The summed E-state index contributed by atoms with van der Waals surface area (Å²) in [5.41, 5.74) is 3.35. The van der Waals surface area contributed by atoms with Gasteiger partial charge in [0.05, 0.1) is 5.75 Å². The number of benzene rings is 1. The van der Waals surface area contributed by atoms with E-state index in [1.165, 1.54) is 12.3 Å². The summed E-state index contributed by atoms with van der Waals surface area (Å²) in [5, 5.41) is 8.59. The molecule has 0 radical (unpaired) electrons. The summed E-state index contributed by atoms with van der Waals surface area (Å²) in [6.45, 7) is 2.42. The third-order valence-electron chi connectivity index (χ3n) is 4.34. The first kappa shape index (κ1) is 20.9. The molecule has 0 unspecified atom stereocenters. The Balaban J connectivity index is 1.93. The molecule has 0 aliphatic carbocycles. The van der Waals surface area contributed by atoms with Crippen molar-refractivity contribution in [1.29, 1.82) is 0 Å². The first-order valence-electron chi connectivity index (χ1n) is 8.72. The van der Waals surface area contributed by atoms with Crippen LogP contribution in [0, 0.1) is 0 Å². The van der Waals surface area contributed by atoms with Gasteiger partial charge in [-0.2, -0.15) is 0 Å². The van der Waals surface area contributed by atoms with Crippen LogP contribution in [-0.4, -0.2) is 68.5 Å². The summed E-state index contributed by atoms with van der Waals surface area (Å²) in [7, 11) is -3.04. The second-order valence-corrected chi connectivity index (χ2v) is 8.73. The minimum Gasteiger partial charge on any atom is -0.367 e. The number of rotatable bonds is 7. The van der Waals surface area contributed by atoms with Gasteiger partial charge in [-0.25, -0.2) is 13.9 Å². The summed E-state index contributed by atoms with van der Waals surface area (Å²) in [5.74, 6) is -0.597. The number of hydrogen-bond donors (Lipinski definition) is 2. The van der Waals surface area contributed by atoms with Crippen molar-refractivity contribution in [1.82, 2.24) is 10.4 Å². The SMILES string of the molecule is CS(=O)(=O)CCCC(=O)N1CCN(c2ccccc2/C=C/C(=O)NO)CC1. The molecule has 2 N–H and O–H groups in total. The average molecular weight is 395 g/mol. The van der Waals surface area contributed by atoms with Crippen molar-refractivity contribution in [3.63, 3.8) is 0 Å². The van der Waals surface area contributed by atoms with Crippen LogP contribution >= 0.6 is 0 Å². The Hall–Kier alpha value is -2.39. The monoisotopic (exact) mass is 395 g/mol. The van der Waals surface area contributed by atoms with Crippen LogP contribution < -0.4 is 10.4 Å². The number of para-hydroxylation sites is 1. The molecule has 2 rings (SSSR count). The van der Waals surface area contributed by atoms with Crippen molar-refractivity contribution < 1.29 is 23.2 Å². The van der Waals surface area contributed by atoms with E-state index in [-0.39, 0.29) is 18.1 Å². The van der Waals surface area contributed by atoms with E-state index in [1.807, 2.05) is 24.3 Å². The summed E-state index contributed by atoms with van der Waals surface area (Å²) < 4.78 is 22.3. The van der Waals surface area contributed by atoms with Crippen LogP contribution in [0.3, 0.4) is 0 Å². The van der Waals surface area contributed by atoms with Crippen LogP contribution in [0.2, 0.25) is 0 Å². The molecule has 8 nitrogen and oxygen atoms in total. The summed E-state index contributed by atoms with van der Waals surface area (Å²) in [6.07, 6.45) is 4.64. The Morgan fingerprint density at radius 3 is 2.48 bits per heavy atom. The Labute approximate surface area is 159 Å². The van der Waals surface area contributed by atoms with Crippen LogP contribution in [0.5, 0.6) is 0 Å². The van der Waals surface area contributed by atoms with Crippen LogP contribution in [0.25, 0.3) is 6.08 Å². The van der Waals surface area contributed by atoms with Gasteiger partial charge in [-0.1, -0.05) is 18.2 Å². The average Bonchev–Trinajstić information content (AvgIpc) is 2.65. The molecule has 1 saturated heterocycles. The number of hydroxylamine groups is 1. The Kier molecular flexibility index (Phi) is 7.37. The number of nitrogens with zero attached hydrogens (tertiary/aromatic N) is 2. The van der Waals surface area contributed by atoms with Crippen LogP contribution in [0.15, 0.2) is 30.3 Å². The van der Waals surface area contributed by atoms with Crippen LogP contribution in [-0.2, 0) is 19.4 Å². The molecule has 0 spiro atoms. The van der Waals surface area contributed by atoms with Gasteiger partial charge in [0, 0.05) is 50.6 Å². The lowest BCUT2D eigenvalue weighted by atomic mass is 10.1. The lowest BCUT2D eigenvalue weighted by Gasteiger charge is -2.37. The zero-order chi connectivity index (χ0) is 19.9. The van der Waals surface area contributed by atoms with Crippen molar-refractivity contribution in [3.05, 3.63) is 35.9 Å². The maximum absolute atomic E-state index is 12.2. The highest BCUT2D eigenvalue weighted by molar-refractivity contribution is 7.90. The minimum atomic E-state index is -3.04. The predicted molar refractivity (Wildman–Crippen MR) is 103 cm³/mol. The number of carbonyl (C=O) groups excluding carboxylic acids is 2. The highest BCUT2D eigenvalue weighted by Gasteiger charge is 2.22. The summed E-state index contributed by atoms with van der Waals surface area (Å²) in [4.78, 5) is 27.3. The molecular weight excluding hydrogens is 370 g/mol. The largest absolute Gasteiger partial charge is 0.367 e. The van der Waals surface area contributed by atoms with Crippen molar-refractivity contribution in [2.24, 2.45) is 0 Å². The molecule has 1 aliphatic rings. The maximum Gasteiger partial charge on any atom is 0.267 e. The van der Waals surface area contributed by atoms with Gasteiger partial charge in [0.15, 0.2) is 0 Å². The molecule has 0 bridgehead atoms. The highest BCUT2D eigenvalue weighted by atomic mass is 32.2. The molecule has 1 aromatic carbocycles. The fraction of sp³-hybridized carbons (Fsp3) is 0.444. The van der Waals surface area contributed by atoms with E-state index in [0.29, 0.717) is 32.6 Å². The molecule has 0 atom stereocenters. The number of sulfone groups is 1. The van der Waals surface area contributed by atoms with Gasteiger partial charge in [-0.3, -0.25) is 14.8 Å². The lowest BCUT2D eigenvalue weighted by Crippen LogP contribution is -2.49. The van der Waals surface area contributed by atoms with Gasteiger partial charge < -0.3 is 9.80 Å². The van der Waals surface area contributed by atoms with Crippen molar-refractivity contribution in [2.75, 3.05) is 43.1 Å². The van der Waals surface area contributed by atoms with E-state index in [2.05, 4.69) is 4.90 Å². The maximum atomic E-state index is 12.2. The Morgan fingerprint density at radius 2 is 1.85 bits per heavy atom. The highest BCUT2D eigenvalue weighted by Crippen LogP contribution is 2.23. The van der Waals surface area contributed by atoms with Crippen molar-refractivity contribution in [3.8, 4) is 0 Å². The second kappa shape index (κ2) is 9.52. The molecule has 0 saturated carbocycles. The summed E-state index contributed by atoms with van der Waals surface area (Å²) >= 11 is 0. The minimum absolute atomic E-state index is 0.0221. The standard InChI is InChI=1S/C18H25N3O5S/c1-27(25,26)14-4-7-18(23)21-12-10-20(11-13-21)16-6-3-2-5-15(16)8-9-17(22)19-24/h2-3,5-6,8-9,24H,4,7,10-14H2,1H3,(H,19,22)/b9-8+. The number of piperazine rings is 1. The fourth-order valence-corrected chi connectivity index (χ4v) is 3.63. The quantitative estimate of drug-likeness (QED) is 0.399. The normalized spacial score (nSPS) is 15.2. The molecule has 27 heavy (non-hydrogen) atoms. The zero-order valence-corrected chi connectivity index (χ0v) is 16.1. The van der Waals surface area contributed by atoms with Crippen molar-refractivity contribution >= 4 is 33.4 Å². The lowest BCUT2D eigenvalue weighted by molar-refractivity contribution is -0.131.